The van der Waals surface area contributed by atoms with Gasteiger partial charge in [-0.2, -0.15) is 0 Å². The van der Waals surface area contributed by atoms with Crippen LogP contribution >= 0.6 is 0 Å². The molecule has 0 unspecified atom stereocenters. The molecule has 0 saturated carbocycles. The summed E-state index contributed by atoms with van der Waals surface area (Å²) in [5, 5.41) is 12.9. The van der Waals surface area contributed by atoms with E-state index >= 15 is 0 Å². The van der Waals surface area contributed by atoms with E-state index in [4.69, 9.17) is 13.6 Å². The molecule has 0 bridgehead atoms. The molecule has 8 heteroatoms. The minimum atomic E-state index is -2.13. The molecule has 1 fully saturated rings. The number of carbonyl (C=O) groups excluding carboxylic acids is 1. The second kappa shape index (κ2) is 8.24. The molecular weight excluding hydrogens is 378 g/mol. The van der Waals surface area contributed by atoms with Gasteiger partial charge in [0.25, 0.3) is 0 Å². The first-order valence-electron chi connectivity index (χ1n) is 9.82. The zero-order valence-electron chi connectivity index (χ0n) is 19.1. The number of hydrogen-bond donors (Lipinski definition) is 2. The van der Waals surface area contributed by atoms with Gasteiger partial charge in [0.05, 0.1) is 12.7 Å². The lowest BCUT2D eigenvalue weighted by atomic mass is 10.1. The number of hydrogen-bond acceptors (Lipinski definition) is 5. The number of ether oxygens (including phenoxy) is 1. The maximum Gasteiger partial charge on any atom is 0.217 e. The van der Waals surface area contributed by atoms with Crippen molar-refractivity contribution in [1.82, 2.24) is 5.32 Å². The number of nitrogens with one attached hydrogen (secondary N) is 1. The van der Waals surface area contributed by atoms with Crippen molar-refractivity contribution in [3.63, 3.8) is 0 Å². The fourth-order valence-electron chi connectivity index (χ4n) is 2.49. The van der Waals surface area contributed by atoms with Crippen molar-refractivity contribution in [2.75, 3.05) is 6.61 Å². The summed E-state index contributed by atoms with van der Waals surface area (Å²) in [6.45, 7) is 22.9. The van der Waals surface area contributed by atoms with E-state index in [1.54, 1.807) is 0 Å². The molecule has 1 aliphatic rings. The van der Waals surface area contributed by atoms with Crippen LogP contribution in [-0.4, -0.2) is 58.8 Å². The summed E-state index contributed by atoms with van der Waals surface area (Å²) in [7, 11) is -4.26. The Morgan fingerprint density at radius 1 is 1.00 bits per heavy atom. The first-order chi connectivity index (χ1) is 11.9. The smallest absolute Gasteiger partial charge is 0.217 e. The molecule has 1 rings (SSSR count). The first kappa shape index (κ1) is 24.8. The Labute approximate surface area is 167 Å². The van der Waals surface area contributed by atoms with Crippen molar-refractivity contribution in [2.24, 2.45) is 0 Å². The van der Waals surface area contributed by atoms with Gasteiger partial charge >= 0.3 is 0 Å². The maximum absolute atomic E-state index is 11.9. The quantitative estimate of drug-likeness (QED) is 0.643. The molecule has 0 aromatic heterocycles. The third kappa shape index (κ3) is 5.87. The zero-order valence-corrected chi connectivity index (χ0v) is 21.1. The molecular formula is C19H41NO5Si2. The largest absolute Gasteiger partial charge is 0.409 e. The van der Waals surface area contributed by atoms with Gasteiger partial charge in [-0.25, -0.2) is 0 Å². The fourth-order valence-corrected chi connectivity index (χ4v) is 4.96. The topological polar surface area (TPSA) is 77.0 Å². The molecule has 0 spiro atoms. The van der Waals surface area contributed by atoms with Crippen LogP contribution < -0.4 is 5.32 Å². The van der Waals surface area contributed by atoms with E-state index in [1.807, 2.05) is 0 Å². The Balaban J connectivity index is 3.19. The lowest BCUT2D eigenvalue weighted by molar-refractivity contribution is -0.124. The second-order valence-corrected chi connectivity index (χ2v) is 20.2. The molecule has 4 atom stereocenters. The summed E-state index contributed by atoms with van der Waals surface area (Å²) in [5.74, 6) is -0.158. The number of amides is 1. The SMILES string of the molecule is CC(=O)N[C@H]1[C@H](O[Si](C)(C)C(C)(C)C)O[C@H](CO)[C@H]1O[Si](C)(C)C(C)(C)C. The second-order valence-electron chi connectivity index (χ2n) is 10.7. The van der Waals surface area contributed by atoms with Crippen molar-refractivity contribution >= 4 is 22.5 Å². The monoisotopic (exact) mass is 419 g/mol. The van der Waals surface area contributed by atoms with Crippen LogP contribution in [0.1, 0.15) is 48.5 Å². The van der Waals surface area contributed by atoms with Crippen molar-refractivity contribution in [3.8, 4) is 0 Å². The Kier molecular flexibility index (Phi) is 7.56. The van der Waals surface area contributed by atoms with Gasteiger partial charge in [-0.05, 0) is 36.3 Å². The van der Waals surface area contributed by atoms with Crippen LogP contribution in [0.25, 0.3) is 0 Å². The standard InChI is InChI=1S/C19H41NO5Si2/c1-13(22)20-15-16(24-26(8,9)18(2,3)4)14(12-21)23-17(15)25-27(10,11)19(5,6)7/h14-17,21H,12H2,1-11H3,(H,20,22)/t14-,15-,16-,17+/m1/s1. The summed E-state index contributed by atoms with van der Waals surface area (Å²) >= 11 is 0. The molecule has 1 aliphatic heterocycles. The first-order valence-corrected chi connectivity index (χ1v) is 15.6. The predicted molar refractivity (Wildman–Crippen MR) is 114 cm³/mol. The van der Waals surface area contributed by atoms with E-state index in [0.29, 0.717) is 0 Å². The number of aliphatic hydroxyl groups excluding tert-OH is 1. The van der Waals surface area contributed by atoms with Crippen LogP contribution in [0.4, 0.5) is 0 Å². The van der Waals surface area contributed by atoms with E-state index in [9.17, 15) is 9.90 Å². The van der Waals surface area contributed by atoms with Crippen LogP contribution in [-0.2, 0) is 18.4 Å². The molecule has 0 radical (unpaired) electrons. The Morgan fingerprint density at radius 2 is 1.44 bits per heavy atom. The zero-order chi connectivity index (χ0) is 21.4. The molecule has 6 nitrogen and oxygen atoms in total. The normalized spacial score (nSPS) is 27.7. The van der Waals surface area contributed by atoms with E-state index in [2.05, 4.69) is 73.0 Å². The summed E-state index contributed by atoms with van der Waals surface area (Å²) in [4.78, 5) is 11.9. The van der Waals surface area contributed by atoms with Crippen LogP contribution in [0.5, 0.6) is 0 Å². The van der Waals surface area contributed by atoms with E-state index in [1.165, 1.54) is 6.92 Å². The van der Waals surface area contributed by atoms with Gasteiger partial charge in [0.15, 0.2) is 22.9 Å². The van der Waals surface area contributed by atoms with Gasteiger partial charge in [-0.3, -0.25) is 4.79 Å². The summed E-state index contributed by atoms with van der Waals surface area (Å²) < 4.78 is 19.1. The Morgan fingerprint density at radius 3 is 1.81 bits per heavy atom. The molecule has 0 aliphatic carbocycles. The maximum atomic E-state index is 11.9. The van der Waals surface area contributed by atoms with Crippen molar-refractivity contribution < 1.29 is 23.5 Å². The van der Waals surface area contributed by atoms with Gasteiger partial charge in [0.1, 0.15) is 12.1 Å². The lowest BCUT2D eigenvalue weighted by Gasteiger charge is -2.41. The summed E-state index contributed by atoms with van der Waals surface area (Å²) in [6.07, 6.45) is -1.58. The summed E-state index contributed by atoms with van der Waals surface area (Å²) in [5.41, 5.74) is 0. The minimum absolute atomic E-state index is 0.00419. The third-order valence-electron chi connectivity index (χ3n) is 6.33. The number of aliphatic hydroxyl groups is 1. The van der Waals surface area contributed by atoms with Crippen molar-refractivity contribution in [3.05, 3.63) is 0 Å². The third-order valence-corrected chi connectivity index (χ3v) is 15.2. The van der Waals surface area contributed by atoms with Crippen molar-refractivity contribution in [1.29, 1.82) is 0 Å². The van der Waals surface area contributed by atoms with Crippen LogP contribution in [0.2, 0.25) is 36.3 Å². The molecule has 1 saturated heterocycles. The molecule has 1 amide bonds. The van der Waals surface area contributed by atoms with Crippen LogP contribution in [0.15, 0.2) is 0 Å². The predicted octanol–water partition coefficient (Wildman–Crippen LogP) is 3.62. The molecule has 160 valence electrons. The Bertz CT molecular complexity index is 525. The molecule has 2 N–H and O–H groups in total. The van der Waals surface area contributed by atoms with Gasteiger partial charge < -0.3 is 24.0 Å². The summed E-state index contributed by atoms with van der Waals surface area (Å²) in [6, 6.07) is -0.442. The van der Waals surface area contributed by atoms with Gasteiger partial charge in [0, 0.05) is 6.92 Å². The average molecular weight is 420 g/mol. The highest BCUT2D eigenvalue weighted by atomic mass is 28.4. The molecule has 0 aromatic carbocycles. The van der Waals surface area contributed by atoms with E-state index in [-0.39, 0.29) is 22.6 Å². The Hall–Kier alpha value is -0.256. The highest BCUT2D eigenvalue weighted by molar-refractivity contribution is 6.74. The fraction of sp³-hybridized carbons (Fsp3) is 0.947. The van der Waals surface area contributed by atoms with Crippen LogP contribution in [0, 0.1) is 0 Å². The molecule has 0 aromatic rings. The highest BCUT2D eigenvalue weighted by Crippen LogP contribution is 2.42. The van der Waals surface area contributed by atoms with Crippen molar-refractivity contribution in [2.45, 2.75) is 109 Å². The number of rotatable bonds is 6. The molecule has 27 heavy (non-hydrogen) atoms. The van der Waals surface area contributed by atoms with Crippen LogP contribution in [0.3, 0.4) is 0 Å². The molecule has 1 heterocycles. The highest BCUT2D eigenvalue weighted by Gasteiger charge is 2.53. The van der Waals surface area contributed by atoms with Gasteiger partial charge in [-0.15, -0.1) is 0 Å². The average Bonchev–Trinajstić information content (AvgIpc) is 2.72. The number of carbonyl (C=O) groups is 1. The van der Waals surface area contributed by atoms with Gasteiger partial charge in [0.2, 0.25) is 5.91 Å². The minimum Gasteiger partial charge on any atom is -0.409 e. The van der Waals surface area contributed by atoms with Gasteiger partial charge in [-0.1, -0.05) is 41.5 Å². The lowest BCUT2D eigenvalue weighted by Crippen LogP contribution is -2.56. The van der Waals surface area contributed by atoms with E-state index in [0.717, 1.165) is 0 Å². The van der Waals surface area contributed by atoms with E-state index < -0.39 is 41.2 Å².